The molecule has 0 bridgehead atoms. The molecule has 0 spiro atoms. The van der Waals surface area contributed by atoms with Crippen LogP contribution in [0.5, 0.6) is 11.6 Å². The van der Waals surface area contributed by atoms with Gasteiger partial charge in [-0.05, 0) is 54.4 Å². The zero-order valence-corrected chi connectivity index (χ0v) is 15.2. The topological polar surface area (TPSA) is 60.5 Å². The Balaban J connectivity index is 1.81. The highest BCUT2D eigenvalue weighted by molar-refractivity contribution is 5.97. The fourth-order valence-corrected chi connectivity index (χ4v) is 2.77. The first-order valence-corrected chi connectivity index (χ1v) is 8.58. The van der Waals surface area contributed by atoms with Crippen LogP contribution in [0.25, 0.3) is 10.8 Å². The molecule has 0 saturated carbocycles. The smallest absolute Gasteiger partial charge is 0.237 e. The molecule has 26 heavy (non-hydrogen) atoms. The Labute approximate surface area is 153 Å². The number of hydrogen-bond donors (Lipinski definition) is 1. The van der Waals surface area contributed by atoms with Gasteiger partial charge < -0.3 is 14.8 Å². The Bertz CT molecular complexity index is 924. The number of nitrogens with zero attached hydrogens (tertiary/aromatic N) is 1. The van der Waals surface area contributed by atoms with Crippen LogP contribution in [0.2, 0.25) is 0 Å². The summed E-state index contributed by atoms with van der Waals surface area (Å²) in [6.07, 6.45) is 1.64. The zero-order valence-electron chi connectivity index (χ0n) is 15.2. The molecule has 1 amide bonds. The van der Waals surface area contributed by atoms with E-state index in [0.717, 1.165) is 22.1 Å². The molecule has 1 aromatic heterocycles. The van der Waals surface area contributed by atoms with Crippen molar-refractivity contribution in [1.82, 2.24) is 4.98 Å². The summed E-state index contributed by atoms with van der Waals surface area (Å²) in [5, 5.41) is 5.06. The molecule has 134 valence electrons. The summed E-state index contributed by atoms with van der Waals surface area (Å²) in [6.45, 7) is 4.26. The van der Waals surface area contributed by atoms with Gasteiger partial charge in [-0.2, -0.15) is 0 Å². The summed E-state index contributed by atoms with van der Waals surface area (Å²) in [7, 11) is 1.65. The standard InChI is InChI=1S/C21H22N2O3/c1-4-26-21-19(6-5-11-22-21)23-20(24)14(2)15-7-8-17-13-18(25-3)10-9-16(17)12-15/h5-14H,4H2,1-3H3,(H,23,24)/t14-/m0/s1. The average molecular weight is 350 g/mol. The summed E-state index contributed by atoms with van der Waals surface area (Å²) in [5.41, 5.74) is 1.53. The maximum absolute atomic E-state index is 12.7. The monoisotopic (exact) mass is 350 g/mol. The molecule has 0 aliphatic heterocycles. The molecular formula is C21H22N2O3. The molecule has 5 nitrogen and oxygen atoms in total. The first kappa shape index (κ1) is 17.7. The summed E-state index contributed by atoms with van der Waals surface area (Å²) >= 11 is 0. The maximum Gasteiger partial charge on any atom is 0.237 e. The molecule has 0 unspecified atom stereocenters. The SMILES string of the molecule is CCOc1ncccc1NC(=O)[C@@H](C)c1ccc2cc(OC)ccc2c1. The fraction of sp³-hybridized carbons (Fsp3) is 0.238. The minimum Gasteiger partial charge on any atom is -0.497 e. The Kier molecular flexibility index (Phi) is 5.37. The van der Waals surface area contributed by atoms with Crippen molar-refractivity contribution in [3.8, 4) is 11.6 Å². The molecule has 1 heterocycles. The second kappa shape index (κ2) is 7.87. The van der Waals surface area contributed by atoms with Gasteiger partial charge in [0.05, 0.1) is 19.6 Å². The van der Waals surface area contributed by atoms with E-state index in [-0.39, 0.29) is 11.8 Å². The highest BCUT2D eigenvalue weighted by Crippen LogP contribution is 2.27. The lowest BCUT2D eigenvalue weighted by Gasteiger charge is -2.15. The van der Waals surface area contributed by atoms with Crippen molar-refractivity contribution in [2.45, 2.75) is 19.8 Å². The van der Waals surface area contributed by atoms with Crippen LogP contribution >= 0.6 is 0 Å². The summed E-state index contributed by atoms with van der Waals surface area (Å²) in [5.74, 6) is 0.834. The van der Waals surface area contributed by atoms with E-state index in [4.69, 9.17) is 9.47 Å². The van der Waals surface area contributed by atoms with Crippen LogP contribution < -0.4 is 14.8 Å². The van der Waals surface area contributed by atoms with Gasteiger partial charge in [-0.3, -0.25) is 4.79 Å². The molecule has 0 saturated heterocycles. The van der Waals surface area contributed by atoms with Crippen LogP contribution in [0.1, 0.15) is 25.3 Å². The zero-order chi connectivity index (χ0) is 18.5. The van der Waals surface area contributed by atoms with Gasteiger partial charge in [0.15, 0.2) is 0 Å². The molecule has 2 aromatic carbocycles. The number of ether oxygens (including phenoxy) is 2. The molecule has 3 rings (SSSR count). The lowest BCUT2D eigenvalue weighted by Crippen LogP contribution is -2.19. The van der Waals surface area contributed by atoms with E-state index in [1.54, 1.807) is 25.4 Å². The normalized spacial score (nSPS) is 11.8. The van der Waals surface area contributed by atoms with Crippen LogP contribution in [-0.2, 0) is 4.79 Å². The van der Waals surface area contributed by atoms with E-state index in [1.807, 2.05) is 50.2 Å². The fourth-order valence-electron chi connectivity index (χ4n) is 2.77. The van der Waals surface area contributed by atoms with Gasteiger partial charge in [-0.15, -0.1) is 0 Å². The van der Waals surface area contributed by atoms with Crippen LogP contribution in [0.3, 0.4) is 0 Å². The number of anilines is 1. The second-order valence-electron chi connectivity index (χ2n) is 5.97. The quantitative estimate of drug-likeness (QED) is 0.716. The molecule has 0 aliphatic rings. The van der Waals surface area contributed by atoms with Crippen molar-refractivity contribution < 1.29 is 14.3 Å². The Morgan fingerprint density at radius 3 is 2.69 bits per heavy atom. The van der Waals surface area contributed by atoms with Gasteiger partial charge in [0.2, 0.25) is 11.8 Å². The predicted octanol–water partition coefficient (Wildman–Crippen LogP) is 4.38. The Morgan fingerprint density at radius 1 is 1.15 bits per heavy atom. The number of amides is 1. The van der Waals surface area contributed by atoms with Crippen LogP contribution in [0.15, 0.2) is 54.7 Å². The highest BCUT2D eigenvalue weighted by Gasteiger charge is 2.18. The second-order valence-corrected chi connectivity index (χ2v) is 5.97. The van der Waals surface area contributed by atoms with Gasteiger partial charge in [0.25, 0.3) is 0 Å². The van der Waals surface area contributed by atoms with Crippen molar-refractivity contribution in [2.24, 2.45) is 0 Å². The van der Waals surface area contributed by atoms with Gasteiger partial charge in [-0.1, -0.05) is 24.3 Å². The number of hydrogen-bond acceptors (Lipinski definition) is 4. The average Bonchev–Trinajstić information content (AvgIpc) is 2.68. The summed E-state index contributed by atoms with van der Waals surface area (Å²) in [6, 6.07) is 15.5. The minimum absolute atomic E-state index is 0.105. The molecule has 0 fully saturated rings. The largest absolute Gasteiger partial charge is 0.497 e. The van der Waals surface area contributed by atoms with E-state index in [2.05, 4.69) is 10.3 Å². The van der Waals surface area contributed by atoms with Crippen molar-refractivity contribution in [2.75, 3.05) is 19.0 Å². The number of pyridine rings is 1. The first-order valence-electron chi connectivity index (χ1n) is 8.58. The van der Waals surface area contributed by atoms with E-state index < -0.39 is 0 Å². The van der Waals surface area contributed by atoms with Crippen LogP contribution in [0.4, 0.5) is 5.69 Å². The molecule has 1 N–H and O–H groups in total. The van der Waals surface area contributed by atoms with Crippen LogP contribution in [0, 0.1) is 0 Å². The van der Waals surface area contributed by atoms with Crippen molar-refractivity contribution in [3.63, 3.8) is 0 Å². The number of carbonyl (C=O) groups is 1. The van der Waals surface area contributed by atoms with Crippen molar-refractivity contribution in [1.29, 1.82) is 0 Å². The maximum atomic E-state index is 12.7. The van der Waals surface area contributed by atoms with E-state index >= 15 is 0 Å². The third kappa shape index (κ3) is 3.77. The number of fused-ring (bicyclic) bond motifs is 1. The van der Waals surface area contributed by atoms with Crippen molar-refractivity contribution in [3.05, 3.63) is 60.3 Å². The third-order valence-corrected chi connectivity index (χ3v) is 4.27. The first-order chi connectivity index (χ1) is 12.6. The molecule has 0 radical (unpaired) electrons. The Hall–Kier alpha value is -3.08. The summed E-state index contributed by atoms with van der Waals surface area (Å²) in [4.78, 5) is 16.9. The van der Waals surface area contributed by atoms with Crippen molar-refractivity contribution >= 4 is 22.4 Å². The molecule has 3 aromatic rings. The molecule has 0 aliphatic carbocycles. The van der Waals surface area contributed by atoms with E-state index in [0.29, 0.717) is 18.2 Å². The third-order valence-electron chi connectivity index (χ3n) is 4.27. The highest BCUT2D eigenvalue weighted by atomic mass is 16.5. The Morgan fingerprint density at radius 2 is 1.92 bits per heavy atom. The molecular weight excluding hydrogens is 328 g/mol. The van der Waals surface area contributed by atoms with Gasteiger partial charge in [0, 0.05) is 6.20 Å². The lowest BCUT2D eigenvalue weighted by atomic mass is 9.97. The number of aromatic nitrogens is 1. The number of rotatable bonds is 6. The number of benzene rings is 2. The number of nitrogens with one attached hydrogen (secondary N) is 1. The van der Waals surface area contributed by atoms with Gasteiger partial charge in [-0.25, -0.2) is 4.98 Å². The lowest BCUT2D eigenvalue weighted by molar-refractivity contribution is -0.117. The number of carbonyl (C=O) groups excluding carboxylic acids is 1. The van der Waals surface area contributed by atoms with Crippen LogP contribution in [-0.4, -0.2) is 24.6 Å². The number of methoxy groups -OCH3 is 1. The van der Waals surface area contributed by atoms with E-state index in [9.17, 15) is 4.79 Å². The molecule has 1 atom stereocenters. The van der Waals surface area contributed by atoms with Gasteiger partial charge >= 0.3 is 0 Å². The summed E-state index contributed by atoms with van der Waals surface area (Å²) < 4.78 is 10.7. The molecule has 5 heteroatoms. The van der Waals surface area contributed by atoms with Gasteiger partial charge in [0.1, 0.15) is 11.4 Å². The minimum atomic E-state index is -0.309. The predicted molar refractivity (Wildman–Crippen MR) is 103 cm³/mol. The van der Waals surface area contributed by atoms with E-state index in [1.165, 1.54) is 0 Å².